The van der Waals surface area contributed by atoms with Crippen LogP contribution in [0.2, 0.25) is 0 Å². The summed E-state index contributed by atoms with van der Waals surface area (Å²) in [5, 5.41) is 7.63. The highest BCUT2D eigenvalue weighted by Gasteiger charge is 2.21. The van der Waals surface area contributed by atoms with Crippen LogP contribution < -0.4 is 11.1 Å². The van der Waals surface area contributed by atoms with Gasteiger partial charge in [-0.3, -0.25) is 4.68 Å². The van der Waals surface area contributed by atoms with E-state index in [4.69, 9.17) is 5.73 Å². The number of hydrogen-bond donors (Lipinski definition) is 2. The molecule has 0 amide bonds. The maximum atomic E-state index is 6.03. The second kappa shape index (κ2) is 6.54. The summed E-state index contributed by atoms with van der Waals surface area (Å²) in [4.78, 5) is 11.4. The normalized spacial score (nSPS) is 16.9. The third-order valence-corrected chi connectivity index (χ3v) is 4.51. The van der Waals surface area contributed by atoms with Crippen molar-refractivity contribution in [3.8, 4) is 11.3 Å². The molecule has 3 N–H and O–H groups in total. The lowest BCUT2D eigenvalue weighted by Crippen LogP contribution is -2.42. The molecule has 23 heavy (non-hydrogen) atoms. The molecule has 0 atom stereocenters. The van der Waals surface area contributed by atoms with E-state index >= 15 is 0 Å². The molecule has 0 spiro atoms. The minimum absolute atomic E-state index is 0.423. The van der Waals surface area contributed by atoms with E-state index in [1.807, 2.05) is 13.1 Å². The van der Waals surface area contributed by atoms with Gasteiger partial charge in [0.1, 0.15) is 5.82 Å². The number of likely N-dealkylation sites (tertiary alicyclic amines) is 1. The van der Waals surface area contributed by atoms with Crippen molar-refractivity contribution in [3.63, 3.8) is 0 Å². The van der Waals surface area contributed by atoms with E-state index < -0.39 is 0 Å². The smallest absolute Gasteiger partial charge is 0.223 e. The lowest BCUT2D eigenvalue weighted by Gasteiger charge is -2.34. The van der Waals surface area contributed by atoms with Crippen molar-refractivity contribution in [2.45, 2.75) is 38.8 Å². The molecule has 1 aliphatic rings. The van der Waals surface area contributed by atoms with Crippen molar-refractivity contribution in [3.05, 3.63) is 18.5 Å². The van der Waals surface area contributed by atoms with Crippen LogP contribution >= 0.6 is 0 Å². The number of anilines is 2. The summed E-state index contributed by atoms with van der Waals surface area (Å²) in [6.45, 7) is 6.73. The predicted octanol–water partition coefficient (Wildman–Crippen LogP) is 1.74. The zero-order valence-electron chi connectivity index (χ0n) is 14.0. The van der Waals surface area contributed by atoms with Crippen LogP contribution in [0.25, 0.3) is 11.3 Å². The monoisotopic (exact) mass is 315 g/mol. The standard InChI is InChI=1S/C16H25N7/c1-11(2)23-8-5-12(6-9-23)20-16-18-7-4-14(21-16)13-10-19-22(3)15(13)17/h4,7,10-12H,5-6,8-9,17H2,1-3H3,(H,18,20,21). The molecular weight excluding hydrogens is 290 g/mol. The summed E-state index contributed by atoms with van der Waals surface area (Å²) in [7, 11) is 1.82. The first-order valence-corrected chi connectivity index (χ1v) is 8.16. The third kappa shape index (κ3) is 3.44. The largest absolute Gasteiger partial charge is 0.383 e. The van der Waals surface area contributed by atoms with Gasteiger partial charge in [0.05, 0.1) is 17.5 Å². The zero-order chi connectivity index (χ0) is 16.4. The van der Waals surface area contributed by atoms with Crippen LogP contribution in [0.3, 0.4) is 0 Å². The number of rotatable bonds is 4. The number of nitrogens with two attached hydrogens (primary N) is 1. The summed E-state index contributed by atoms with van der Waals surface area (Å²) >= 11 is 0. The van der Waals surface area contributed by atoms with Crippen LogP contribution in [0.1, 0.15) is 26.7 Å². The van der Waals surface area contributed by atoms with E-state index in [-0.39, 0.29) is 0 Å². The molecule has 7 nitrogen and oxygen atoms in total. The van der Waals surface area contributed by atoms with Gasteiger partial charge >= 0.3 is 0 Å². The molecule has 0 radical (unpaired) electrons. The number of nitrogens with one attached hydrogen (secondary N) is 1. The van der Waals surface area contributed by atoms with E-state index in [9.17, 15) is 0 Å². The molecule has 0 aliphatic carbocycles. The number of hydrogen-bond acceptors (Lipinski definition) is 6. The van der Waals surface area contributed by atoms with Gasteiger partial charge in [0.15, 0.2) is 0 Å². The van der Waals surface area contributed by atoms with Crippen molar-refractivity contribution >= 4 is 11.8 Å². The average Bonchev–Trinajstić information content (AvgIpc) is 2.88. The molecule has 124 valence electrons. The van der Waals surface area contributed by atoms with E-state index in [2.05, 4.69) is 39.1 Å². The van der Waals surface area contributed by atoms with Crippen molar-refractivity contribution in [2.75, 3.05) is 24.1 Å². The zero-order valence-corrected chi connectivity index (χ0v) is 14.0. The molecule has 1 aliphatic heterocycles. The number of aromatic nitrogens is 4. The van der Waals surface area contributed by atoms with Crippen molar-refractivity contribution in [1.82, 2.24) is 24.6 Å². The highest BCUT2D eigenvalue weighted by atomic mass is 15.3. The lowest BCUT2D eigenvalue weighted by atomic mass is 10.0. The Bertz CT molecular complexity index is 656. The molecule has 7 heteroatoms. The Morgan fingerprint density at radius 3 is 2.65 bits per heavy atom. The van der Waals surface area contributed by atoms with E-state index in [1.165, 1.54) is 0 Å². The van der Waals surface area contributed by atoms with Crippen molar-refractivity contribution < 1.29 is 0 Å². The fourth-order valence-electron chi connectivity index (χ4n) is 2.97. The predicted molar refractivity (Wildman–Crippen MR) is 92.0 cm³/mol. The Balaban J connectivity index is 1.68. The van der Waals surface area contributed by atoms with E-state index in [1.54, 1.807) is 17.1 Å². The van der Waals surface area contributed by atoms with Gasteiger partial charge in [-0.05, 0) is 32.8 Å². The molecule has 3 rings (SSSR count). The number of nitrogen functional groups attached to an aromatic ring is 1. The fraction of sp³-hybridized carbons (Fsp3) is 0.562. The Morgan fingerprint density at radius 2 is 2.04 bits per heavy atom. The maximum absolute atomic E-state index is 6.03. The van der Waals surface area contributed by atoms with Gasteiger partial charge in [0.25, 0.3) is 0 Å². The van der Waals surface area contributed by atoms with Crippen LogP contribution in [0.15, 0.2) is 18.5 Å². The van der Waals surface area contributed by atoms with Crippen LogP contribution in [-0.2, 0) is 7.05 Å². The third-order valence-electron chi connectivity index (χ3n) is 4.51. The minimum atomic E-state index is 0.423. The molecule has 0 saturated carbocycles. The minimum Gasteiger partial charge on any atom is -0.383 e. The Labute approximate surface area is 136 Å². The summed E-state index contributed by atoms with van der Waals surface area (Å²) in [5.74, 6) is 1.27. The number of nitrogens with zero attached hydrogens (tertiary/aromatic N) is 5. The van der Waals surface area contributed by atoms with Gasteiger partial charge in [-0.15, -0.1) is 0 Å². The van der Waals surface area contributed by atoms with Gasteiger partial charge in [-0.2, -0.15) is 5.10 Å². The van der Waals surface area contributed by atoms with Crippen LogP contribution in [0.4, 0.5) is 11.8 Å². The van der Waals surface area contributed by atoms with Gasteiger partial charge < -0.3 is 16.0 Å². The summed E-state index contributed by atoms with van der Waals surface area (Å²) in [5.41, 5.74) is 7.67. The molecule has 0 bridgehead atoms. The molecule has 2 aromatic rings. The van der Waals surface area contributed by atoms with Gasteiger partial charge in [0, 0.05) is 38.4 Å². The molecular formula is C16H25N7. The number of aryl methyl sites for hydroxylation is 1. The quantitative estimate of drug-likeness (QED) is 0.894. The molecule has 2 aromatic heterocycles. The molecule has 0 unspecified atom stereocenters. The first-order valence-electron chi connectivity index (χ1n) is 8.16. The second-order valence-electron chi connectivity index (χ2n) is 6.38. The highest BCUT2D eigenvalue weighted by molar-refractivity contribution is 5.70. The fourth-order valence-corrected chi connectivity index (χ4v) is 2.97. The van der Waals surface area contributed by atoms with Crippen molar-refractivity contribution in [1.29, 1.82) is 0 Å². The first-order chi connectivity index (χ1) is 11.0. The second-order valence-corrected chi connectivity index (χ2v) is 6.38. The molecule has 1 fully saturated rings. The van der Waals surface area contributed by atoms with Crippen molar-refractivity contribution in [2.24, 2.45) is 7.05 Å². The average molecular weight is 315 g/mol. The lowest BCUT2D eigenvalue weighted by molar-refractivity contribution is 0.177. The Hall–Kier alpha value is -2.15. The van der Waals surface area contributed by atoms with Crippen LogP contribution in [0, 0.1) is 0 Å². The Morgan fingerprint density at radius 1 is 1.30 bits per heavy atom. The Kier molecular flexibility index (Phi) is 4.47. The number of piperidine rings is 1. The van der Waals surface area contributed by atoms with Crippen LogP contribution in [0.5, 0.6) is 0 Å². The summed E-state index contributed by atoms with van der Waals surface area (Å²) < 4.78 is 1.65. The van der Waals surface area contributed by atoms with E-state index in [0.717, 1.165) is 37.2 Å². The van der Waals surface area contributed by atoms with Crippen LogP contribution in [-0.4, -0.2) is 49.8 Å². The van der Waals surface area contributed by atoms with E-state index in [0.29, 0.717) is 23.8 Å². The summed E-state index contributed by atoms with van der Waals surface area (Å²) in [6.07, 6.45) is 5.73. The molecule has 0 aromatic carbocycles. The maximum Gasteiger partial charge on any atom is 0.223 e. The first kappa shape index (κ1) is 15.7. The topological polar surface area (TPSA) is 84.9 Å². The highest BCUT2D eigenvalue weighted by Crippen LogP contribution is 2.24. The van der Waals surface area contributed by atoms with Gasteiger partial charge in [-0.25, -0.2) is 9.97 Å². The summed E-state index contributed by atoms with van der Waals surface area (Å²) in [6, 6.07) is 2.90. The molecule has 3 heterocycles. The van der Waals surface area contributed by atoms with Gasteiger partial charge in [0.2, 0.25) is 5.95 Å². The SMILES string of the molecule is CC(C)N1CCC(Nc2nccc(-c3cnn(C)c3N)n2)CC1. The van der Waals surface area contributed by atoms with Gasteiger partial charge in [-0.1, -0.05) is 0 Å². The molecule has 1 saturated heterocycles.